The van der Waals surface area contributed by atoms with Crippen molar-refractivity contribution in [3.63, 3.8) is 0 Å². The minimum absolute atomic E-state index is 0.202. The summed E-state index contributed by atoms with van der Waals surface area (Å²) in [6.45, 7) is 0. The summed E-state index contributed by atoms with van der Waals surface area (Å²) >= 11 is 0. The molecule has 1 aromatic rings. The summed E-state index contributed by atoms with van der Waals surface area (Å²) in [7, 11) is 0. The number of hydrogen-bond donors (Lipinski definition) is 1. The molecule has 0 radical (unpaired) electrons. The summed E-state index contributed by atoms with van der Waals surface area (Å²) in [5, 5.41) is 0. The van der Waals surface area contributed by atoms with Gasteiger partial charge in [-0.25, -0.2) is 4.79 Å². The highest BCUT2D eigenvalue weighted by Gasteiger charge is 2.10. The summed E-state index contributed by atoms with van der Waals surface area (Å²) in [6.07, 6.45) is -0.0403. The molecule has 0 spiro atoms. The second-order valence-electron chi connectivity index (χ2n) is 2.87. The Bertz CT molecular complexity index is 321. The van der Waals surface area contributed by atoms with Crippen molar-refractivity contribution in [3.8, 4) is 0 Å². The fourth-order valence-corrected chi connectivity index (χ4v) is 1.09. The maximum atomic E-state index is 11.2. The second kappa shape index (κ2) is 5.14. The van der Waals surface area contributed by atoms with E-state index in [4.69, 9.17) is 0 Å². The summed E-state index contributed by atoms with van der Waals surface area (Å²) < 4.78 is 0. The molecule has 2 N–H and O–H groups in total. The maximum Gasteiger partial charge on any atom is 0.331 e. The van der Waals surface area contributed by atoms with Gasteiger partial charge in [-0.2, -0.15) is 5.90 Å². The van der Waals surface area contributed by atoms with E-state index in [2.05, 4.69) is 10.7 Å². The van der Waals surface area contributed by atoms with Crippen LogP contribution in [0.5, 0.6) is 0 Å². The zero-order valence-corrected chi connectivity index (χ0v) is 7.60. The van der Waals surface area contributed by atoms with Gasteiger partial charge in [0.05, 0.1) is 0 Å². The van der Waals surface area contributed by atoms with Gasteiger partial charge in [-0.1, -0.05) is 30.3 Å². The molecule has 14 heavy (non-hydrogen) atoms. The first-order chi connectivity index (χ1) is 6.72. The zero-order valence-electron chi connectivity index (χ0n) is 7.60. The summed E-state index contributed by atoms with van der Waals surface area (Å²) in [4.78, 5) is 25.8. The normalized spacial score (nSPS) is 9.50. The second-order valence-corrected chi connectivity index (χ2v) is 2.87. The molecule has 0 fully saturated rings. The van der Waals surface area contributed by atoms with Crippen LogP contribution in [0.25, 0.3) is 0 Å². The van der Waals surface area contributed by atoms with Crippen LogP contribution >= 0.6 is 0 Å². The lowest BCUT2D eigenvalue weighted by Crippen LogP contribution is -2.15. The maximum absolute atomic E-state index is 11.2. The summed E-state index contributed by atoms with van der Waals surface area (Å²) in [6, 6.07) is 9.19. The molecule has 4 nitrogen and oxygen atoms in total. The van der Waals surface area contributed by atoms with Crippen molar-refractivity contribution in [3.05, 3.63) is 35.9 Å². The molecule has 0 unspecified atom stereocenters. The third kappa shape index (κ3) is 3.37. The number of carbonyl (C=O) groups is 2. The van der Waals surface area contributed by atoms with Gasteiger partial charge in [-0.15, -0.1) is 0 Å². The summed E-state index contributed by atoms with van der Waals surface area (Å²) in [5.41, 5.74) is 0.877. The molecule has 0 heterocycles. The lowest BCUT2D eigenvalue weighted by Gasteiger charge is -1.99. The van der Waals surface area contributed by atoms with Gasteiger partial charge in [0.1, 0.15) is 12.2 Å². The number of rotatable bonds is 4. The standard InChI is InChI=1S/C10H11NO3/c11-14-10(13)7-9(12)6-8-4-2-1-3-5-8/h1-5H,6-7,11H2. The van der Waals surface area contributed by atoms with Crippen LogP contribution in [0.4, 0.5) is 0 Å². The molecule has 0 bridgehead atoms. The minimum Gasteiger partial charge on any atom is -0.373 e. The average Bonchev–Trinajstić information content (AvgIpc) is 2.19. The van der Waals surface area contributed by atoms with Crippen molar-refractivity contribution in [2.45, 2.75) is 12.8 Å². The molecule has 0 saturated carbocycles. The molecule has 4 heteroatoms. The molecule has 0 aliphatic carbocycles. The predicted octanol–water partition coefficient (Wildman–Crippen LogP) is 0.605. The van der Waals surface area contributed by atoms with E-state index in [9.17, 15) is 9.59 Å². The molecular weight excluding hydrogens is 182 g/mol. The number of Topliss-reactive ketones (excluding diaryl/α,β-unsaturated/α-hetero) is 1. The molecule has 0 aliphatic heterocycles. The third-order valence-electron chi connectivity index (χ3n) is 1.72. The Kier molecular flexibility index (Phi) is 3.82. The van der Waals surface area contributed by atoms with E-state index in [1.807, 2.05) is 30.3 Å². The van der Waals surface area contributed by atoms with E-state index < -0.39 is 5.97 Å². The first-order valence-electron chi connectivity index (χ1n) is 4.17. The van der Waals surface area contributed by atoms with Gasteiger partial charge in [-0.05, 0) is 5.56 Å². The van der Waals surface area contributed by atoms with Crippen molar-refractivity contribution in [1.29, 1.82) is 0 Å². The van der Waals surface area contributed by atoms with E-state index in [1.165, 1.54) is 0 Å². The molecule has 1 aromatic carbocycles. The lowest BCUT2D eigenvalue weighted by molar-refractivity contribution is -0.146. The number of benzene rings is 1. The lowest BCUT2D eigenvalue weighted by atomic mass is 10.1. The summed E-state index contributed by atoms with van der Waals surface area (Å²) in [5.74, 6) is 3.71. The Labute approximate surface area is 81.6 Å². The number of carbonyl (C=O) groups excluding carboxylic acids is 2. The van der Waals surface area contributed by atoms with Crippen molar-refractivity contribution < 1.29 is 14.4 Å². The van der Waals surface area contributed by atoms with E-state index in [1.54, 1.807) is 0 Å². The third-order valence-corrected chi connectivity index (χ3v) is 1.72. The van der Waals surface area contributed by atoms with Crippen LogP contribution < -0.4 is 5.90 Å². The predicted molar refractivity (Wildman–Crippen MR) is 50.0 cm³/mol. The van der Waals surface area contributed by atoms with Crippen LogP contribution in [-0.4, -0.2) is 11.8 Å². The Morgan fingerprint density at radius 3 is 2.43 bits per heavy atom. The van der Waals surface area contributed by atoms with Crippen LogP contribution in [0.2, 0.25) is 0 Å². The quantitative estimate of drug-likeness (QED) is 0.561. The molecular formula is C10H11NO3. The first kappa shape index (κ1) is 10.4. The largest absolute Gasteiger partial charge is 0.373 e. The number of ketones is 1. The topological polar surface area (TPSA) is 69.4 Å². The number of nitrogens with two attached hydrogens (primary N) is 1. The fraction of sp³-hybridized carbons (Fsp3) is 0.200. The first-order valence-corrected chi connectivity index (χ1v) is 4.17. The molecule has 0 aliphatic rings. The highest BCUT2D eigenvalue weighted by atomic mass is 16.7. The van der Waals surface area contributed by atoms with Crippen molar-refractivity contribution in [2.75, 3.05) is 0 Å². The van der Waals surface area contributed by atoms with E-state index in [0.29, 0.717) is 0 Å². The van der Waals surface area contributed by atoms with E-state index in [-0.39, 0.29) is 18.6 Å². The molecule has 1 rings (SSSR count). The van der Waals surface area contributed by atoms with Crippen LogP contribution in [-0.2, 0) is 20.8 Å². The molecule has 0 saturated heterocycles. The van der Waals surface area contributed by atoms with Gasteiger partial charge < -0.3 is 4.84 Å². The highest BCUT2D eigenvalue weighted by Crippen LogP contribution is 2.01. The van der Waals surface area contributed by atoms with Gasteiger partial charge >= 0.3 is 5.97 Å². The number of hydrogen-bond acceptors (Lipinski definition) is 4. The monoisotopic (exact) mass is 193 g/mol. The molecule has 0 amide bonds. The SMILES string of the molecule is NOC(=O)CC(=O)Cc1ccccc1. The van der Waals surface area contributed by atoms with Crippen LogP contribution in [0.15, 0.2) is 30.3 Å². The zero-order chi connectivity index (χ0) is 10.4. The van der Waals surface area contributed by atoms with Crippen LogP contribution in [0.1, 0.15) is 12.0 Å². The van der Waals surface area contributed by atoms with Crippen molar-refractivity contribution >= 4 is 11.8 Å². The van der Waals surface area contributed by atoms with Gasteiger partial charge in [0.25, 0.3) is 0 Å². The minimum atomic E-state index is -0.703. The van der Waals surface area contributed by atoms with Gasteiger partial charge in [0.2, 0.25) is 0 Å². The Morgan fingerprint density at radius 2 is 1.86 bits per heavy atom. The van der Waals surface area contributed by atoms with Crippen LogP contribution in [0.3, 0.4) is 0 Å². The van der Waals surface area contributed by atoms with Gasteiger partial charge in [0.15, 0.2) is 0 Å². The van der Waals surface area contributed by atoms with E-state index >= 15 is 0 Å². The van der Waals surface area contributed by atoms with Gasteiger partial charge in [-0.3, -0.25) is 4.79 Å². The van der Waals surface area contributed by atoms with Crippen LogP contribution in [0, 0.1) is 0 Å². The Morgan fingerprint density at radius 1 is 1.21 bits per heavy atom. The smallest absolute Gasteiger partial charge is 0.331 e. The van der Waals surface area contributed by atoms with Crippen molar-refractivity contribution in [2.24, 2.45) is 5.90 Å². The fourth-order valence-electron chi connectivity index (χ4n) is 1.09. The highest BCUT2D eigenvalue weighted by molar-refractivity contribution is 5.96. The molecule has 0 aromatic heterocycles. The average molecular weight is 193 g/mol. The van der Waals surface area contributed by atoms with E-state index in [0.717, 1.165) is 5.56 Å². The Hall–Kier alpha value is -1.68. The molecule has 74 valence electrons. The van der Waals surface area contributed by atoms with Gasteiger partial charge in [0, 0.05) is 6.42 Å². The Balaban J connectivity index is 2.46. The molecule has 0 atom stereocenters. The van der Waals surface area contributed by atoms with Crippen molar-refractivity contribution in [1.82, 2.24) is 0 Å².